The molecule has 10 heavy (non-hydrogen) atoms. The number of hydrogen-bond donors (Lipinski definition) is 0. The summed E-state index contributed by atoms with van der Waals surface area (Å²) < 4.78 is 4.49. The molecule has 0 rings (SSSR count). The summed E-state index contributed by atoms with van der Waals surface area (Å²) in [4.78, 5) is 20.3. The summed E-state index contributed by atoms with van der Waals surface area (Å²) >= 11 is 0. The molecular formula is C3H7N2O4P. The number of nitrogens with zero attached hydrogens (tertiary/aromatic N) is 2. The Balaban J connectivity index is 3.82. The van der Waals surface area contributed by atoms with Crippen LogP contribution in [0.5, 0.6) is 0 Å². The van der Waals surface area contributed by atoms with E-state index in [9.17, 15) is 14.9 Å². The molecule has 0 fully saturated rings. The van der Waals surface area contributed by atoms with E-state index >= 15 is 0 Å². The molecule has 58 valence electrons. The molecule has 0 aromatic heterocycles. The lowest BCUT2D eigenvalue weighted by Gasteiger charge is -2.04. The van der Waals surface area contributed by atoms with E-state index in [0.29, 0.717) is 0 Å². The van der Waals surface area contributed by atoms with E-state index in [1.54, 1.807) is 16.3 Å². The van der Waals surface area contributed by atoms with Crippen molar-refractivity contribution in [1.29, 1.82) is 0 Å². The number of rotatable bonds is 2. The molecule has 0 saturated carbocycles. The Morgan fingerprint density at radius 3 is 2.70 bits per heavy atom. The quantitative estimate of drug-likeness (QED) is 0.338. The molecule has 0 aromatic carbocycles. The first-order chi connectivity index (χ1) is 4.59. The topological polar surface area (TPSA) is 72.7 Å². The first-order valence-electron chi connectivity index (χ1n) is 2.45. The molecule has 6 nitrogen and oxygen atoms in total. The van der Waals surface area contributed by atoms with Crippen molar-refractivity contribution in [3.8, 4) is 0 Å². The monoisotopic (exact) mass is 166 g/mol. The third-order valence-corrected chi connectivity index (χ3v) is 1.03. The maximum atomic E-state index is 10.4. The van der Waals surface area contributed by atoms with Crippen molar-refractivity contribution in [2.75, 3.05) is 6.61 Å². The minimum atomic E-state index is -0.988. The number of hydrazine groups is 1. The minimum absolute atomic E-state index is 0.123. The molecule has 0 heterocycles. The summed E-state index contributed by atoms with van der Waals surface area (Å²) in [6.45, 7) is 1.69. The van der Waals surface area contributed by atoms with E-state index < -0.39 is 11.1 Å². The van der Waals surface area contributed by atoms with Crippen LogP contribution in [0, 0.1) is 10.1 Å². The number of ether oxygens (including phenoxy) is 1. The van der Waals surface area contributed by atoms with Crippen LogP contribution in [0.1, 0.15) is 6.92 Å². The Hall–Kier alpha value is -0.900. The first kappa shape index (κ1) is 9.10. The summed E-state index contributed by atoms with van der Waals surface area (Å²) in [5.74, 6) is 0. The van der Waals surface area contributed by atoms with E-state index in [0.717, 1.165) is 0 Å². The van der Waals surface area contributed by atoms with Crippen LogP contribution in [0.4, 0.5) is 4.79 Å². The molecule has 7 heteroatoms. The van der Waals surface area contributed by atoms with Gasteiger partial charge in [0.25, 0.3) is 0 Å². The molecule has 0 spiro atoms. The van der Waals surface area contributed by atoms with E-state index in [-0.39, 0.29) is 11.4 Å². The predicted molar refractivity (Wildman–Crippen MR) is 35.6 cm³/mol. The Morgan fingerprint density at radius 1 is 1.90 bits per heavy atom. The van der Waals surface area contributed by atoms with E-state index in [4.69, 9.17) is 0 Å². The van der Waals surface area contributed by atoms with E-state index in [2.05, 4.69) is 4.74 Å². The van der Waals surface area contributed by atoms with Crippen LogP contribution >= 0.6 is 9.39 Å². The van der Waals surface area contributed by atoms with Crippen LogP contribution in [0.15, 0.2) is 0 Å². The summed E-state index contributed by atoms with van der Waals surface area (Å²) in [7, 11) is 1.62. The van der Waals surface area contributed by atoms with Crippen molar-refractivity contribution in [3.63, 3.8) is 0 Å². The lowest BCUT2D eigenvalue weighted by Crippen LogP contribution is -2.27. The first-order valence-corrected chi connectivity index (χ1v) is 2.97. The summed E-state index contributed by atoms with van der Waals surface area (Å²) in [5.41, 5.74) is 0. The molecule has 0 saturated heterocycles. The number of nitro groups is 1. The van der Waals surface area contributed by atoms with Gasteiger partial charge in [-0.3, -0.25) is 0 Å². The van der Waals surface area contributed by atoms with Crippen molar-refractivity contribution < 1.29 is 14.6 Å². The van der Waals surface area contributed by atoms with Crippen molar-refractivity contribution >= 4 is 15.5 Å². The van der Waals surface area contributed by atoms with Crippen LogP contribution in [0.2, 0.25) is 0 Å². The fraction of sp³-hybridized carbons (Fsp3) is 0.667. The second-order valence-electron chi connectivity index (χ2n) is 1.28. The van der Waals surface area contributed by atoms with Gasteiger partial charge in [-0.1, -0.05) is 0 Å². The number of amides is 1. The van der Waals surface area contributed by atoms with Crippen LogP contribution in [-0.2, 0) is 4.74 Å². The van der Waals surface area contributed by atoms with Crippen molar-refractivity contribution in [2.24, 2.45) is 0 Å². The van der Waals surface area contributed by atoms with Gasteiger partial charge in [-0.05, 0) is 11.7 Å². The molecular weight excluding hydrogens is 159 g/mol. The van der Waals surface area contributed by atoms with Gasteiger partial charge in [-0.15, -0.1) is 0 Å². The second kappa shape index (κ2) is 4.00. The van der Waals surface area contributed by atoms with Gasteiger partial charge in [0.15, 0.2) is 5.03 Å². The summed E-state index contributed by atoms with van der Waals surface area (Å²) in [6, 6.07) is 0. The Morgan fingerprint density at radius 2 is 2.40 bits per heavy atom. The van der Waals surface area contributed by atoms with E-state index in [1.807, 2.05) is 0 Å². The van der Waals surface area contributed by atoms with Crippen LogP contribution < -0.4 is 0 Å². The lowest BCUT2D eigenvalue weighted by atomic mass is 10.9. The highest BCUT2D eigenvalue weighted by Crippen LogP contribution is 2.00. The normalized spacial score (nSPS) is 8.60. The average Bonchev–Trinajstić information content (AvgIpc) is 1.87. The Kier molecular flexibility index (Phi) is 3.64. The van der Waals surface area contributed by atoms with Gasteiger partial charge in [-0.2, -0.15) is 0 Å². The second-order valence-corrected chi connectivity index (χ2v) is 1.77. The lowest BCUT2D eigenvalue weighted by molar-refractivity contribution is -0.599. The standard InChI is InChI=1S/C3H7N2O4P/c1-2-9-3(6)4(10)5(7)8/h2,10H2,1H3. The Bertz CT molecular complexity index is 149. The highest BCUT2D eigenvalue weighted by Gasteiger charge is 2.18. The molecule has 0 aliphatic rings. The fourth-order valence-corrected chi connectivity index (χ4v) is 0.331. The molecule has 0 aliphatic heterocycles. The molecule has 0 radical (unpaired) electrons. The average molecular weight is 166 g/mol. The van der Waals surface area contributed by atoms with Gasteiger partial charge in [0.1, 0.15) is 0 Å². The zero-order chi connectivity index (χ0) is 8.15. The molecule has 0 aromatic rings. The smallest absolute Gasteiger partial charge is 0.446 e. The fourth-order valence-electron chi connectivity index (χ4n) is 0.256. The number of hydrogen-bond acceptors (Lipinski definition) is 4. The highest BCUT2D eigenvalue weighted by molar-refractivity contribution is 7.14. The highest BCUT2D eigenvalue weighted by atomic mass is 31.0. The molecule has 0 N–H and O–H groups in total. The molecule has 0 aliphatic carbocycles. The van der Waals surface area contributed by atoms with Gasteiger partial charge >= 0.3 is 6.09 Å². The SMILES string of the molecule is CCOC(=O)N(P)[N+](=O)[O-]. The minimum Gasteiger partial charge on any atom is -0.446 e. The number of carbonyl (C=O) groups is 1. The maximum absolute atomic E-state index is 10.4. The van der Waals surface area contributed by atoms with Gasteiger partial charge in [0.05, 0.1) is 6.61 Å². The zero-order valence-corrected chi connectivity index (χ0v) is 6.47. The summed E-state index contributed by atoms with van der Waals surface area (Å²) in [5, 5.41) is 8.94. The van der Waals surface area contributed by atoms with Crippen molar-refractivity contribution in [3.05, 3.63) is 10.1 Å². The number of carbonyl (C=O) groups excluding carboxylic acids is 1. The van der Waals surface area contributed by atoms with Gasteiger partial charge < -0.3 is 4.74 Å². The maximum Gasteiger partial charge on any atom is 0.470 e. The van der Waals surface area contributed by atoms with Gasteiger partial charge in [0, 0.05) is 9.39 Å². The molecule has 1 atom stereocenters. The molecule has 1 amide bonds. The third-order valence-electron chi connectivity index (χ3n) is 0.631. The van der Waals surface area contributed by atoms with Crippen LogP contribution in [-0.4, -0.2) is 22.5 Å². The third kappa shape index (κ3) is 2.59. The summed E-state index contributed by atoms with van der Waals surface area (Å²) in [6.07, 6.45) is -0.988. The van der Waals surface area contributed by atoms with Gasteiger partial charge in [-0.25, -0.2) is 14.9 Å². The van der Waals surface area contributed by atoms with Crippen LogP contribution in [0.25, 0.3) is 0 Å². The van der Waals surface area contributed by atoms with Crippen molar-refractivity contribution in [2.45, 2.75) is 6.92 Å². The molecule has 0 bridgehead atoms. The largest absolute Gasteiger partial charge is 0.470 e. The van der Waals surface area contributed by atoms with Gasteiger partial charge in [0.2, 0.25) is 0 Å². The van der Waals surface area contributed by atoms with Crippen molar-refractivity contribution in [1.82, 2.24) is 4.78 Å². The molecule has 1 unspecified atom stereocenters. The van der Waals surface area contributed by atoms with E-state index in [1.165, 1.54) is 0 Å². The van der Waals surface area contributed by atoms with Crippen LogP contribution in [0.3, 0.4) is 0 Å². The predicted octanol–water partition coefficient (Wildman–Crippen LogP) is 0.427. The Labute approximate surface area is 59.5 Å². The zero-order valence-electron chi connectivity index (χ0n) is 5.31.